The fourth-order valence-corrected chi connectivity index (χ4v) is 4.12. The second-order valence-corrected chi connectivity index (χ2v) is 8.17. The molecule has 0 bridgehead atoms. The Balaban J connectivity index is 1.38. The summed E-state index contributed by atoms with van der Waals surface area (Å²) in [6.45, 7) is 1.45. The van der Waals surface area contributed by atoms with Crippen LogP contribution >= 0.6 is 0 Å². The van der Waals surface area contributed by atoms with Crippen molar-refractivity contribution in [1.29, 1.82) is 0 Å². The summed E-state index contributed by atoms with van der Waals surface area (Å²) < 4.78 is 12.5. The molecule has 1 saturated heterocycles. The van der Waals surface area contributed by atoms with Gasteiger partial charge in [-0.3, -0.25) is 14.3 Å². The van der Waals surface area contributed by atoms with Crippen LogP contribution in [0, 0.1) is 5.92 Å². The Labute approximate surface area is 193 Å². The van der Waals surface area contributed by atoms with Crippen LogP contribution in [0.5, 0.6) is 11.5 Å². The van der Waals surface area contributed by atoms with Gasteiger partial charge in [0.1, 0.15) is 0 Å². The van der Waals surface area contributed by atoms with E-state index in [9.17, 15) is 9.59 Å². The minimum absolute atomic E-state index is 0.0536. The summed E-state index contributed by atoms with van der Waals surface area (Å²) in [4.78, 5) is 29.0. The summed E-state index contributed by atoms with van der Waals surface area (Å²) in [5.74, 6) is 0.608. The third-order valence-electron chi connectivity index (χ3n) is 5.82. The molecular weight excluding hydrogens is 420 g/mol. The Morgan fingerprint density at radius 1 is 1.09 bits per heavy atom. The number of aromatic nitrogens is 2. The highest BCUT2D eigenvalue weighted by molar-refractivity contribution is 6.00. The molecule has 1 unspecified atom stereocenters. The molecule has 33 heavy (non-hydrogen) atoms. The quantitative estimate of drug-likeness (QED) is 0.530. The number of anilines is 1. The Morgan fingerprint density at radius 3 is 2.58 bits per heavy atom. The van der Waals surface area contributed by atoms with Crippen LogP contribution in [0.3, 0.4) is 0 Å². The van der Waals surface area contributed by atoms with Gasteiger partial charge in [-0.25, -0.2) is 0 Å². The van der Waals surface area contributed by atoms with Crippen molar-refractivity contribution in [3.63, 3.8) is 0 Å². The molecule has 0 radical (unpaired) electrons. The van der Waals surface area contributed by atoms with Crippen molar-refractivity contribution in [1.82, 2.24) is 14.7 Å². The van der Waals surface area contributed by atoms with Gasteiger partial charge >= 0.3 is 0 Å². The lowest BCUT2D eigenvalue weighted by atomic mass is 10.1. The molecule has 0 aliphatic carbocycles. The minimum atomic E-state index is -0.394. The smallest absolute Gasteiger partial charge is 0.228 e. The van der Waals surface area contributed by atoms with Gasteiger partial charge in [0, 0.05) is 50.1 Å². The average molecular weight is 449 g/mol. The van der Waals surface area contributed by atoms with Crippen molar-refractivity contribution in [2.45, 2.75) is 19.5 Å². The number of methoxy groups -OCH3 is 2. The normalized spacial score (nSPS) is 15.5. The van der Waals surface area contributed by atoms with E-state index < -0.39 is 5.92 Å². The number of hydrogen-bond donors (Lipinski definition) is 0. The lowest BCUT2D eigenvalue weighted by Gasteiger charge is -2.21. The maximum Gasteiger partial charge on any atom is 0.228 e. The van der Waals surface area contributed by atoms with Crippen LogP contribution in [0.4, 0.5) is 5.69 Å². The molecule has 1 fully saturated rings. The zero-order valence-electron chi connectivity index (χ0n) is 19.1. The Morgan fingerprint density at radius 2 is 1.85 bits per heavy atom. The van der Waals surface area contributed by atoms with Crippen LogP contribution in [-0.2, 0) is 22.7 Å². The van der Waals surface area contributed by atoms with Crippen molar-refractivity contribution in [2.24, 2.45) is 5.92 Å². The molecule has 3 aromatic rings. The Bertz CT molecular complexity index is 1130. The van der Waals surface area contributed by atoms with Gasteiger partial charge in [0.2, 0.25) is 11.8 Å². The maximum absolute atomic E-state index is 13.1. The number of carbonyl (C=O) groups excluding carboxylic acids is 2. The summed E-state index contributed by atoms with van der Waals surface area (Å²) in [6, 6.07) is 15.4. The Kier molecular flexibility index (Phi) is 6.63. The van der Waals surface area contributed by atoms with E-state index in [1.165, 1.54) is 0 Å². The van der Waals surface area contributed by atoms with E-state index in [1.54, 1.807) is 55.5 Å². The predicted molar refractivity (Wildman–Crippen MR) is 124 cm³/mol. The molecule has 8 heteroatoms. The van der Waals surface area contributed by atoms with Crippen molar-refractivity contribution >= 4 is 17.5 Å². The molecule has 1 aromatic heterocycles. The van der Waals surface area contributed by atoms with E-state index in [0.29, 0.717) is 36.8 Å². The van der Waals surface area contributed by atoms with Gasteiger partial charge in [-0.05, 0) is 17.7 Å². The van der Waals surface area contributed by atoms with E-state index in [4.69, 9.17) is 9.47 Å². The third-order valence-corrected chi connectivity index (χ3v) is 5.82. The largest absolute Gasteiger partial charge is 0.493 e. The van der Waals surface area contributed by atoms with E-state index in [-0.39, 0.29) is 18.2 Å². The van der Waals surface area contributed by atoms with Gasteiger partial charge in [0.25, 0.3) is 0 Å². The van der Waals surface area contributed by atoms with Crippen molar-refractivity contribution in [3.05, 3.63) is 72.1 Å². The predicted octanol–water partition coefficient (Wildman–Crippen LogP) is 2.96. The first-order chi connectivity index (χ1) is 16.0. The molecular formula is C25H28N4O4. The number of amides is 2. The van der Waals surface area contributed by atoms with Crippen LogP contribution in [-0.4, -0.2) is 54.3 Å². The fraction of sp³-hybridized carbons (Fsp3) is 0.320. The molecule has 1 aliphatic heterocycles. The second kappa shape index (κ2) is 9.77. The maximum atomic E-state index is 13.1. The third kappa shape index (κ3) is 5.00. The van der Waals surface area contributed by atoms with Crippen LogP contribution < -0.4 is 14.4 Å². The minimum Gasteiger partial charge on any atom is -0.493 e. The first-order valence-corrected chi connectivity index (χ1v) is 10.8. The summed E-state index contributed by atoms with van der Waals surface area (Å²) in [5, 5.41) is 4.41. The Hall–Kier alpha value is -3.81. The van der Waals surface area contributed by atoms with Crippen LogP contribution in [0.2, 0.25) is 0 Å². The van der Waals surface area contributed by atoms with Gasteiger partial charge in [0.05, 0.1) is 32.9 Å². The topological polar surface area (TPSA) is 76.9 Å². The lowest BCUT2D eigenvalue weighted by molar-refractivity contribution is -0.135. The first kappa shape index (κ1) is 22.4. The van der Waals surface area contributed by atoms with Gasteiger partial charge in [-0.15, -0.1) is 0 Å². The van der Waals surface area contributed by atoms with Crippen LogP contribution in [0.25, 0.3) is 0 Å². The van der Waals surface area contributed by atoms with Gasteiger partial charge in [-0.2, -0.15) is 5.10 Å². The molecule has 2 heterocycles. The number of hydrogen-bond acceptors (Lipinski definition) is 5. The monoisotopic (exact) mass is 448 g/mol. The van der Waals surface area contributed by atoms with Crippen molar-refractivity contribution in [2.75, 3.05) is 32.7 Å². The van der Waals surface area contributed by atoms with E-state index in [1.807, 2.05) is 29.1 Å². The fourth-order valence-electron chi connectivity index (χ4n) is 4.12. The summed E-state index contributed by atoms with van der Waals surface area (Å²) in [7, 11) is 4.88. The molecule has 1 atom stereocenters. The van der Waals surface area contributed by atoms with E-state index in [2.05, 4.69) is 17.2 Å². The highest BCUT2D eigenvalue weighted by atomic mass is 16.5. The number of benzene rings is 2. The zero-order valence-corrected chi connectivity index (χ0v) is 19.1. The molecule has 2 amide bonds. The van der Waals surface area contributed by atoms with E-state index >= 15 is 0 Å². The van der Waals surface area contributed by atoms with Gasteiger partial charge in [0.15, 0.2) is 11.5 Å². The molecule has 8 nitrogen and oxygen atoms in total. The van der Waals surface area contributed by atoms with Crippen LogP contribution in [0.15, 0.2) is 60.9 Å². The molecule has 172 valence electrons. The van der Waals surface area contributed by atoms with Gasteiger partial charge in [-0.1, -0.05) is 30.3 Å². The highest BCUT2D eigenvalue weighted by Gasteiger charge is 2.36. The number of rotatable bonds is 8. The second-order valence-electron chi connectivity index (χ2n) is 8.17. The molecule has 2 aromatic carbocycles. The van der Waals surface area contributed by atoms with E-state index in [0.717, 1.165) is 11.1 Å². The average Bonchev–Trinajstić information content (AvgIpc) is 3.44. The first-order valence-electron chi connectivity index (χ1n) is 10.8. The zero-order chi connectivity index (χ0) is 23.4. The van der Waals surface area contributed by atoms with Crippen molar-refractivity contribution in [3.8, 4) is 11.5 Å². The van der Waals surface area contributed by atoms with Gasteiger partial charge < -0.3 is 19.3 Å². The molecule has 0 spiro atoms. The van der Waals surface area contributed by atoms with Crippen LogP contribution in [0.1, 0.15) is 17.5 Å². The molecule has 0 saturated carbocycles. The summed E-state index contributed by atoms with van der Waals surface area (Å²) in [5.41, 5.74) is 2.80. The molecule has 4 rings (SSSR count). The SMILES string of the molecule is COc1ccc(N2CC(C(=O)N(C)Cc3cnn(Cc4ccccc4)c3)CC2=O)cc1OC. The standard InChI is InChI=1S/C25H28N4O4/c1-27(14-19-13-26-28(16-19)15-18-7-5-4-6-8-18)25(31)20-11-24(30)29(17-20)21-9-10-22(32-2)23(12-21)33-3/h4-10,12-13,16,20H,11,14-15,17H2,1-3H3. The highest BCUT2D eigenvalue weighted by Crippen LogP contribution is 2.34. The lowest BCUT2D eigenvalue weighted by Crippen LogP contribution is -2.34. The number of nitrogens with zero attached hydrogens (tertiary/aromatic N) is 4. The number of carbonyl (C=O) groups is 2. The summed E-state index contributed by atoms with van der Waals surface area (Å²) >= 11 is 0. The van der Waals surface area contributed by atoms with Crippen molar-refractivity contribution < 1.29 is 19.1 Å². The number of ether oxygens (including phenoxy) is 2. The summed E-state index contributed by atoms with van der Waals surface area (Å²) in [6.07, 6.45) is 3.92. The molecule has 1 aliphatic rings. The molecule has 0 N–H and O–H groups in total.